The van der Waals surface area contributed by atoms with Crippen molar-refractivity contribution in [3.05, 3.63) is 145 Å². The quantitative estimate of drug-likeness (QED) is 0.193. The monoisotopic (exact) mass is 437 g/mol. The molecule has 0 atom stereocenters. The summed E-state index contributed by atoms with van der Waals surface area (Å²) in [5.41, 5.74) is 7.77. The second kappa shape index (κ2) is 10.4. The van der Waals surface area contributed by atoms with Crippen LogP contribution in [0.15, 0.2) is 145 Å². The maximum Gasteiger partial charge on any atom is 0.246 e. The Morgan fingerprint density at radius 1 is 0.471 bits per heavy atom. The standard InChI is InChI=1S/C32H25N2/c1-5-14-26(15-6-1)16-13-23-33-34-31(28-19-9-3-10-20-28)24-30(27-17-7-2-8-18-27)25-32(34)29-21-11-4-12-22-29/h1-25H/q+1. The van der Waals surface area contributed by atoms with Gasteiger partial charge in [-0.1, -0.05) is 103 Å². The Bertz CT molecular complexity index is 1350. The van der Waals surface area contributed by atoms with Gasteiger partial charge in [-0.15, -0.1) is 0 Å². The Morgan fingerprint density at radius 2 is 0.912 bits per heavy atom. The van der Waals surface area contributed by atoms with Crippen molar-refractivity contribution in [2.45, 2.75) is 0 Å². The minimum atomic E-state index is 1.03. The van der Waals surface area contributed by atoms with Crippen LogP contribution in [0.1, 0.15) is 5.56 Å². The highest BCUT2D eigenvalue weighted by atomic mass is 15.3. The first kappa shape index (κ1) is 21.3. The minimum absolute atomic E-state index is 1.03. The Balaban J connectivity index is 1.69. The lowest BCUT2D eigenvalue weighted by Crippen LogP contribution is -2.33. The molecule has 34 heavy (non-hydrogen) atoms. The highest BCUT2D eigenvalue weighted by Gasteiger charge is 2.22. The maximum atomic E-state index is 4.91. The van der Waals surface area contributed by atoms with Crippen LogP contribution >= 0.6 is 0 Å². The molecule has 0 aliphatic carbocycles. The van der Waals surface area contributed by atoms with Crippen molar-refractivity contribution < 1.29 is 4.68 Å². The van der Waals surface area contributed by atoms with Gasteiger partial charge in [0.05, 0.1) is 6.21 Å². The van der Waals surface area contributed by atoms with Crippen LogP contribution < -0.4 is 4.68 Å². The maximum absolute atomic E-state index is 4.91. The van der Waals surface area contributed by atoms with E-state index in [0.717, 1.165) is 33.6 Å². The summed E-state index contributed by atoms with van der Waals surface area (Å²) in [4.78, 5) is 0. The molecule has 0 bridgehead atoms. The lowest BCUT2D eigenvalue weighted by Gasteiger charge is -2.08. The van der Waals surface area contributed by atoms with E-state index in [4.69, 9.17) is 5.10 Å². The summed E-state index contributed by atoms with van der Waals surface area (Å²) in [5, 5.41) is 4.91. The summed E-state index contributed by atoms with van der Waals surface area (Å²) in [6.45, 7) is 0. The van der Waals surface area contributed by atoms with Crippen molar-refractivity contribution in [2.24, 2.45) is 5.10 Å². The zero-order valence-corrected chi connectivity index (χ0v) is 18.8. The zero-order valence-electron chi connectivity index (χ0n) is 18.8. The fraction of sp³-hybridized carbons (Fsp3) is 0. The molecular weight excluding hydrogens is 412 g/mol. The smallest absolute Gasteiger partial charge is 0.0622 e. The van der Waals surface area contributed by atoms with Gasteiger partial charge in [0, 0.05) is 23.3 Å². The van der Waals surface area contributed by atoms with E-state index in [1.165, 1.54) is 5.56 Å². The highest BCUT2D eigenvalue weighted by Crippen LogP contribution is 2.29. The normalized spacial score (nSPS) is 11.3. The number of rotatable bonds is 6. The summed E-state index contributed by atoms with van der Waals surface area (Å²) in [6, 6.07) is 46.0. The third-order valence-corrected chi connectivity index (χ3v) is 5.64. The van der Waals surface area contributed by atoms with Crippen LogP contribution in [0.3, 0.4) is 0 Å². The van der Waals surface area contributed by atoms with Crippen LogP contribution in [0, 0.1) is 0 Å². The Hall–Kier alpha value is -4.56. The molecule has 2 nitrogen and oxygen atoms in total. The van der Waals surface area contributed by atoms with Gasteiger partial charge in [-0.3, -0.25) is 0 Å². The summed E-state index contributed by atoms with van der Waals surface area (Å²) in [7, 11) is 0. The molecule has 0 amide bonds. The zero-order chi connectivity index (χ0) is 23.0. The Morgan fingerprint density at radius 3 is 1.41 bits per heavy atom. The molecular formula is C32H25N2+. The first-order chi connectivity index (χ1) is 16.9. The number of benzene rings is 4. The van der Waals surface area contributed by atoms with Gasteiger partial charge in [-0.25, -0.2) is 0 Å². The van der Waals surface area contributed by atoms with E-state index >= 15 is 0 Å². The second-order valence-electron chi connectivity index (χ2n) is 7.96. The molecule has 0 radical (unpaired) electrons. The van der Waals surface area contributed by atoms with Crippen molar-refractivity contribution in [1.82, 2.24) is 0 Å². The molecule has 0 aliphatic rings. The number of pyridine rings is 1. The number of hydrogen-bond donors (Lipinski definition) is 0. The molecule has 0 fully saturated rings. The van der Waals surface area contributed by atoms with Gasteiger partial charge in [0.15, 0.2) is 0 Å². The summed E-state index contributed by atoms with van der Waals surface area (Å²) >= 11 is 0. The largest absolute Gasteiger partial charge is 0.246 e. The Labute approximate surface area is 200 Å². The van der Waals surface area contributed by atoms with E-state index in [0.29, 0.717) is 0 Å². The predicted octanol–water partition coefficient (Wildman–Crippen LogP) is 7.52. The molecule has 1 aromatic heterocycles. The number of allylic oxidation sites excluding steroid dienone is 1. The first-order valence-electron chi connectivity index (χ1n) is 11.4. The van der Waals surface area contributed by atoms with Gasteiger partial charge in [0.2, 0.25) is 11.4 Å². The van der Waals surface area contributed by atoms with E-state index in [1.807, 2.05) is 53.4 Å². The average Bonchev–Trinajstić information content (AvgIpc) is 2.93. The van der Waals surface area contributed by atoms with Gasteiger partial charge in [0.1, 0.15) is 0 Å². The van der Waals surface area contributed by atoms with Crippen LogP contribution in [0.4, 0.5) is 0 Å². The predicted molar refractivity (Wildman–Crippen MR) is 142 cm³/mol. The molecule has 2 heteroatoms. The second-order valence-corrected chi connectivity index (χ2v) is 7.96. The highest BCUT2D eigenvalue weighted by molar-refractivity contribution is 5.78. The lowest BCUT2D eigenvalue weighted by atomic mass is 10.00. The molecule has 0 spiro atoms. The van der Waals surface area contributed by atoms with Crippen molar-refractivity contribution in [3.63, 3.8) is 0 Å². The molecule has 162 valence electrons. The minimum Gasteiger partial charge on any atom is -0.0622 e. The van der Waals surface area contributed by atoms with Gasteiger partial charge in [-0.05, 0) is 56.8 Å². The summed E-state index contributed by atoms with van der Waals surface area (Å²) in [5.74, 6) is 0. The average molecular weight is 438 g/mol. The SMILES string of the molecule is C(=Cc1ccccc1)C=N[n+]1c(-c2ccccc2)cc(-c2ccccc2)cc1-c1ccccc1. The van der Waals surface area contributed by atoms with Crippen LogP contribution in [0.2, 0.25) is 0 Å². The van der Waals surface area contributed by atoms with Gasteiger partial charge < -0.3 is 0 Å². The van der Waals surface area contributed by atoms with Crippen molar-refractivity contribution in [1.29, 1.82) is 0 Å². The summed E-state index contributed by atoms with van der Waals surface area (Å²) < 4.78 is 2.03. The van der Waals surface area contributed by atoms with E-state index in [-0.39, 0.29) is 0 Å². The number of nitrogens with zero attached hydrogens (tertiary/aromatic N) is 2. The fourth-order valence-corrected chi connectivity index (χ4v) is 3.96. The number of aromatic nitrogens is 1. The topological polar surface area (TPSA) is 16.2 Å². The van der Waals surface area contributed by atoms with Crippen molar-refractivity contribution >= 4 is 12.3 Å². The molecule has 0 saturated carbocycles. The Kier molecular flexibility index (Phi) is 6.50. The van der Waals surface area contributed by atoms with Crippen molar-refractivity contribution in [2.75, 3.05) is 0 Å². The van der Waals surface area contributed by atoms with Gasteiger partial charge in [-0.2, -0.15) is 0 Å². The van der Waals surface area contributed by atoms with Gasteiger partial charge in [0.25, 0.3) is 0 Å². The van der Waals surface area contributed by atoms with Crippen LogP contribution in [0.5, 0.6) is 0 Å². The van der Waals surface area contributed by atoms with Crippen LogP contribution in [-0.4, -0.2) is 6.21 Å². The van der Waals surface area contributed by atoms with E-state index in [2.05, 4.69) is 103 Å². The molecule has 5 aromatic rings. The third-order valence-electron chi connectivity index (χ3n) is 5.64. The molecule has 5 rings (SSSR count). The molecule has 0 aliphatic heterocycles. The molecule has 0 unspecified atom stereocenters. The van der Waals surface area contributed by atoms with Gasteiger partial charge >= 0.3 is 0 Å². The van der Waals surface area contributed by atoms with E-state index in [1.54, 1.807) is 0 Å². The molecule has 1 heterocycles. The molecule has 4 aromatic carbocycles. The first-order valence-corrected chi connectivity index (χ1v) is 11.4. The third kappa shape index (κ3) is 4.92. The van der Waals surface area contributed by atoms with Crippen LogP contribution in [0.25, 0.3) is 39.7 Å². The van der Waals surface area contributed by atoms with Crippen LogP contribution in [-0.2, 0) is 0 Å². The fourth-order valence-electron chi connectivity index (χ4n) is 3.96. The molecule has 0 N–H and O–H groups in total. The van der Waals surface area contributed by atoms with Crippen molar-refractivity contribution in [3.8, 4) is 33.6 Å². The lowest BCUT2D eigenvalue weighted by molar-refractivity contribution is -0.656. The molecule has 0 saturated heterocycles. The van der Waals surface area contributed by atoms with E-state index in [9.17, 15) is 0 Å². The number of hydrogen-bond acceptors (Lipinski definition) is 1. The van der Waals surface area contributed by atoms with E-state index < -0.39 is 0 Å². The summed E-state index contributed by atoms with van der Waals surface area (Å²) in [6.07, 6.45) is 5.90.